The van der Waals surface area contributed by atoms with Gasteiger partial charge in [0.05, 0.1) is 19.2 Å². The number of rotatable bonds is 4. The zero-order valence-electron chi connectivity index (χ0n) is 14.6. The molecule has 2 aliphatic rings. The topological polar surface area (TPSA) is 72.1 Å². The van der Waals surface area contributed by atoms with Crippen molar-refractivity contribution in [3.8, 4) is 5.75 Å². The highest BCUT2D eigenvalue weighted by Gasteiger charge is 2.34. The van der Waals surface area contributed by atoms with Crippen LogP contribution in [0.1, 0.15) is 30.9 Å². The first kappa shape index (κ1) is 17.0. The van der Waals surface area contributed by atoms with Crippen molar-refractivity contribution in [1.82, 2.24) is 10.2 Å². The molecule has 6 heteroatoms. The maximum Gasteiger partial charge on any atom is 0.189 e. The second kappa shape index (κ2) is 7.40. The Labute approximate surface area is 144 Å². The number of aliphatic imine (C=N–C) groups is 1. The molecule has 1 fully saturated rings. The van der Waals surface area contributed by atoms with E-state index in [-0.39, 0.29) is 11.6 Å². The summed E-state index contributed by atoms with van der Waals surface area (Å²) in [6.07, 6.45) is 2.85. The second-order valence-corrected chi connectivity index (χ2v) is 6.80. The first-order chi connectivity index (χ1) is 11.6. The Bertz CT molecular complexity index is 582. The molecule has 0 bridgehead atoms. The highest BCUT2D eigenvalue weighted by Crippen LogP contribution is 2.31. The van der Waals surface area contributed by atoms with Crippen molar-refractivity contribution in [2.75, 3.05) is 40.5 Å². The molecule has 1 unspecified atom stereocenters. The summed E-state index contributed by atoms with van der Waals surface area (Å²) in [6.45, 7) is 2.96. The van der Waals surface area contributed by atoms with Crippen LogP contribution in [0.25, 0.3) is 0 Å². The van der Waals surface area contributed by atoms with Gasteiger partial charge in [-0.15, -0.1) is 0 Å². The van der Waals surface area contributed by atoms with E-state index in [1.807, 2.05) is 18.2 Å². The van der Waals surface area contributed by atoms with Crippen molar-refractivity contribution in [3.05, 3.63) is 29.8 Å². The van der Waals surface area contributed by atoms with Crippen LogP contribution in [0.5, 0.6) is 5.75 Å². The lowest BCUT2D eigenvalue weighted by Crippen LogP contribution is -2.51. The minimum absolute atomic E-state index is 0.0398. The molecule has 0 aliphatic carbocycles. The van der Waals surface area contributed by atoms with Gasteiger partial charge in [0.2, 0.25) is 0 Å². The van der Waals surface area contributed by atoms with Gasteiger partial charge in [-0.3, -0.25) is 4.99 Å². The molecule has 1 aromatic carbocycles. The Balaban J connectivity index is 1.66. The molecular formula is C18H28N4O2. The number of nitrogens with two attached hydrogens (primary N) is 1. The number of fused-ring (bicyclic) bond motifs is 1. The number of nitrogens with zero attached hydrogens (tertiary/aromatic N) is 2. The van der Waals surface area contributed by atoms with Crippen LogP contribution in [0.15, 0.2) is 29.3 Å². The highest BCUT2D eigenvalue weighted by molar-refractivity contribution is 5.78. The van der Waals surface area contributed by atoms with Gasteiger partial charge in [-0.2, -0.15) is 0 Å². The first-order valence-corrected chi connectivity index (χ1v) is 8.64. The van der Waals surface area contributed by atoms with Crippen molar-refractivity contribution in [2.45, 2.75) is 30.8 Å². The van der Waals surface area contributed by atoms with Crippen molar-refractivity contribution in [2.24, 2.45) is 10.7 Å². The van der Waals surface area contributed by atoms with Gasteiger partial charge >= 0.3 is 0 Å². The lowest BCUT2D eigenvalue weighted by atomic mass is 9.89. The third-order valence-corrected chi connectivity index (χ3v) is 5.20. The number of benzene rings is 1. The second-order valence-electron chi connectivity index (χ2n) is 6.80. The average Bonchev–Trinajstić information content (AvgIpc) is 2.61. The monoisotopic (exact) mass is 332 g/mol. The summed E-state index contributed by atoms with van der Waals surface area (Å²) in [5.74, 6) is 1.44. The summed E-state index contributed by atoms with van der Waals surface area (Å²) in [4.78, 5) is 6.91. The van der Waals surface area contributed by atoms with Crippen LogP contribution in [-0.4, -0.2) is 56.9 Å². The molecule has 6 nitrogen and oxygen atoms in total. The summed E-state index contributed by atoms with van der Waals surface area (Å²) in [7, 11) is 4.22. The van der Waals surface area contributed by atoms with Crippen LogP contribution >= 0.6 is 0 Å². The standard InChI is InChI=1S/C18H28N4O2/c1-22(2)18(8-11-23-12-9-18)13-20-17(19)21-15-7-10-24-16-6-4-3-5-14(15)16/h3-6,15H,7-13H2,1-2H3,(H3,19,20,21). The van der Waals surface area contributed by atoms with Gasteiger partial charge in [-0.05, 0) is 33.0 Å². The van der Waals surface area contributed by atoms with E-state index in [2.05, 4.69) is 35.4 Å². The van der Waals surface area contributed by atoms with Gasteiger partial charge in [-0.1, -0.05) is 18.2 Å². The minimum atomic E-state index is 0.0398. The van der Waals surface area contributed by atoms with Gasteiger partial charge in [0, 0.05) is 30.7 Å². The van der Waals surface area contributed by atoms with E-state index in [9.17, 15) is 0 Å². The SMILES string of the molecule is CN(C)C1(CN=C(N)NC2CCOc3ccccc32)CCOCC1. The molecule has 0 spiro atoms. The van der Waals surface area contributed by atoms with E-state index in [4.69, 9.17) is 15.2 Å². The Morgan fingerprint density at radius 3 is 2.79 bits per heavy atom. The molecule has 2 heterocycles. The molecule has 0 aromatic heterocycles. The summed E-state index contributed by atoms with van der Waals surface area (Å²) in [5.41, 5.74) is 7.37. The van der Waals surface area contributed by atoms with Crippen LogP contribution in [-0.2, 0) is 4.74 Å². The van der Waals surface area contributed by atoms with Crippen molar-refractivity contribution in [1.29, 1.82) is 0 Å². The molecular weight excluding hydrogens is 304 g/mol. The maximum absolute atomic E-state index is 6.19. The molecule has 0 saturated carbocycles. The Morgan fingerprint density at radius 1 is 1.29 bits per heavy atom. The Kier molecular flexibility index (Phi) is 5.26. The van der Waals surface area contributed by atoms with Crippen molar-refractivity contribution >= 4 is 5.96 Å². The molecule has 0 radical (unpaired) electrons. The minimum Gasteiger partial charge on any atom is -0.493 e. The molecule has 2 aliphatic heterocycles. The van der Waals surface area contributed by atoms with Gasteiger partial charge in [0.1, 0.15) is 5.75 Å². The predicted molar refractivity (Wildman–Crippen MR) is 95.4 cm³/mol. The lowest BCUT2D eigenvalue weighted by molar-refractivity contribution is -0.00253. The summed E-state index contributed by atoms with van der Waals surface area (Å²) in [6, 6.07) is 8.26. The van der Waals surface area contributed by atoms with E-state index in [1.165, 1.54) is 0 Å². The van der Waals surface area contributed by atoms with E-state index in [1.54, 1.807) is 0 Å². The third-order valence-electron chi connectivity index (χ3n) is 5.20. The molecule has 1 aromatic rings. The number of nitrogens with one attached hydrogen (secondary N) is 1. The zero-order valence-corrected chi connectivity index (χ0v) is 14.6. The zero-order chi connectivity index (χ0) is 17.0. The number of hydrogen-bond donors (Lipinski definition) is 2. The van der Waals surface area contributed by atoms with Gasteiger partial charge in [-0.25, -0.2) is 0 Å². The largest absolute Gasteiger partial charge is 0.493 e. The average molecular weight is 332 g/mol. The van der Waals surface area contributed by atoms with Crippen LogP contribution in [0.2, 0.25) is 0 Å². The first-order valence-electron chi connectivity index (χ1n) is 8.64. The van der Waals surface area contributed by atoms with Crippen LogP contribution in [0.4, 0.5) is 0 Å². The molecule has 24 heavy (non-hydrogen) atoms. The molecule has 1 saturated heterocycles. The van der Waals surface area contributed by atoms with E-state index < -0.39 is 0 Å². The highest BCUT2D eigenvalue weighted by atomic mass is 16.5. The van der Waals surface area contributed by atoms with Gasteiger partial charge in [0.15, 0.2) is 5.96 Å². The third kappa shape index (κ3) is 3.65. The molecule has 3 N–H and O–H groups in total. The molecule has 0 amide bonds. The van der Waals surface area contributed by atoms with Gasteiger partial charge in [0.25, 0.3) is 0 Å². The van der Waals surface area contributed by atoms with E-state index in [0.29, 0.717) is 19.1 Å². The van der Waals surface area contributed by atoms with E-state index in [0.717, 1.165) is 43.8 Å². The fraction of sp³-hybridized carbons (Fsp3) is 0.611. The molecule has 132 valence electrons. The lowest BCUT2D eigenvalue weighted by Gasteiger charge is -2.41. The van der Waals surface area contributed by atoms with Gasteiger partial charge < -0.3 is 25.4 Å². The number of ether oxygens (including phenoxy) is 2. The van der Waals surface area contributed by atoms with E-state index >= 15 is 0 Å². The molecule has 1 atom stereocenters. The fourth-order valence-electron chi connectivity index (χ4n) is 3.45. The van der Waals surface area contributed by atoms with Crippen LogP contribution in [0, 0.1) is 0 Å². The summed E-state index contributed by atoms with van der Waals surface area (Å²) in [5, 5.41) is 3.37. The number of likely N-dealkylation sites (N-methyl/N-ethyl adjacent to an activating group) is 1. The maximum atomic E-state index is 6.19. The summed E-state index contributed by atoms with van der Waals surface area (Å²) < 4.78 is 11.2. The van der Waals surface area contributed by atoms with Crippen molar-refractivity contribution in [3.63, 3.8) is 0 Å². The van der Waals surface area contributed by atoms with Crippen LogP contribution < -0.4 is 15.8 Å². The normalized spacial score (nSPS) is 23.5. The Morgan fingerprint density at radius 2 is 2.04 bits per heavy atom. The smallest absolute Gasteiger partial charge is 0.189 e. The number of para-hydroxylation sites is 1. The van der Waals surface area contributed by atoms with Crippen molar-refractivity contribution < 1.29 is 9.47 Å². The predicted octanol–water partition coefficient (Wildman–Crippen LogP) is 1.53. The molecule has 3 rings (SSSR count). The Hall–Kier alpha value is -1.79. The number of guanidine groups is 1. The van der Waals surface area contributed by atoms with Crippen LogP contribution in [0.3, 0.4) is 0 Å². The number of hydrogen-bond acceptors (Lipinski definition) is 4. The summed E-state index contributed by atoms with van der Waals surface area (Å²) >= 11 is 0. The quantitative estimate of drug-likeness (QED) is 0.646. The fourth-order valence-corrected chi connectivity index (χ4v) is 3.45.